The Hall–Kier alpha value is -1.06. The fourth-order valence-electron chi connectivity index (χ4n) is 1.89. The van der Waals surface area contributed by atoms with Crippen LogP contribution in [0.3, 0.4) is 0 Å². The highest BCUT2D eigenvalue weighted by molar-refractivity contribution is 5.27. The standard InChI is InChI=1S/C15H20F4/c1-3-4-5-6-7-12-8-10-13(11-9-12)15(18,19)14(2,16)17/h8-11H,3-7H2,1-2H3. The summed E-state index contributed by atoms with van der Waals surface area (Å²) in [5.74, 6) is -8.16. The van der Waals surface area contributed by atoms with Crippen molar-refractivity contribution in [1.82, 2.24) is 0 Å². The lowest BCUT2D eigenvalue weighted by atomic mass is 9.99. The molecule has 0 fully saturated rings. The largest absolute Gasteiger partial charge is 0.335 e. The predicted molar refractivity (Wildman–Crippen MR) is 68.8 cm³/mol. The fourth-order valence-corrected chi connectivity index (χ4v) is 1.89. The van der Waals surface area contributed by atoms with E-state index in [1.165, 1.54) is 12.1 Å². The van der Waals surface area contributed by atoms with Crippen molar-refractivity contribution >= 4 is 0 Å². The third-order valence-electron chi connectivity index (χ3n) is 3.19. The van der Waals surface area contributed by atoms with Crippen molar-refractivity contribution in [3.8, 4) is 0 Å². The van der Waals surface area contributed by atoms with Crippen LogP contribution < -0.4 is 0 Å². The van der Waals surface area contributed by atoms with Crippen molar-refractivity contribution in [2.45, 2.75) is 57.8 Å². The van der Waals surface area contributed by atoms with Gasteiger partial charge in [-0.1, -0.05) is 50.5 Å². The van der Waals surface area contributed by atoms with Crippen LogP contribution in [0.15, 0.2) is 24.3 Å². The Morgan fingerprint density at radius 3 is 1.95 bits per heavy atom. The normalized spacial score (nSPS) is 12.7. The maximum Gasteiger partial charge on any atom is 0.335 e. The summed E-state index contributed by atoms with van der Waals surface area (Å²) in [6.07, 6.45) is 5.18. The van der Waals surface area contributed by atoms with Crippen LogP contribution >= 0.6 is 0 Å². The molecule has 0 aliphatic rings. The molecule has 1 rings (SSSR count). The van der Waals surface area contributed by atoms with Crippen LogP contribution in [-0.2, 0) is 12.3 Å². The second-order valence-electron chi connectivity index (χ2n) is 4.97. The van der Waals surface area contributed by atoms with Crippen molar-refractivity contribution in [2.75, 3.05) is 0 Å². The van der Waals surface area contributed by atoms with Gasteiger partial charge in [0.05, 0.1) is 0 Å². The number of unbranched alkanes of at least 4 members (excludes halogenated alkanes) is 3. The molecule has 0 aliphatic carbocycles. The van der Waals surface area contributed by atoms with Gasteiger partial charge in [-0.3, -0.25) is 0 Å². The molecule has 0 nitrogen and oxygen atoms in total. The van der Waals surface area contributed by atoms with Gasteiger partial charge in [0.15, 0.2) is 0 Å². The second-order valence-corrected chi connectivity index (χ2v) is 4.97. The Morgan fingerprint density at radius 1 is 0.895 bits per heavy atom. The second kappa shape index (κ2) is 6.40. The van der Waals surface area contributed by atoms with E-state index in [4.69, 9.17) is 0 Å². The molecule has 0 spiro atoms. The molecule has 1 aromatic carbocycles. The van der Waals surface area contributed by atoms with Crippen LogP contribution in [0.4, 0.5) is 17.6 Å². The Morgan fingerprint density at radius 2 is 1.47 bits per heavy atom. The molecule has 0 amide bonds. The van der Waals surface area contributed by atoms with E-state index in [1.54, 1.807) is 0 Å². The molecule has 0 heterocycles. The van der Waals surface area contributed by atoms with Gasteiger partial charge in [-0.15, -0.1) is 0 Å². The molecule has 0 aromatic heterocycles. The Bertz CT molecular complexity index is 376. The van der Waals surface area contributed by atoms with Gasteiger partial charge < -0.3 is 0 Å². The van der Waals surface area contributed by atoms with E-state index in [-0.39, 0.29) is 6.92 Å². The predicted octanol–water partition coefficient (Wildman–Crippen LogP) is 5.56. The number of benzene rings is 1. The lowest BCUT2D eigenvalue weighted by Gasteiger charge is -2.23. The molecule has 1 aromatic rings. The van der Waals surface area contributed by atoms with Crippen molar-refractivity contribution in [1.29, 1.82) is 0 Å². The van der Waals surface area contributed by atoms with E-state index in [0.29, 0.717) is 0 Å². The van der Waals surface area contributed by atoms with E-state index >= 15 is 0 Å². The molecule has 0 atom stereocenters. The number of hydrogen-bond acceptors (Lipinski definition) is 0. The molecule has 108 valence electrons. The van der Waals surface area contributed by atoms with E-state index in [9.17, 15) is 17.6 Å². The van der Waals surface area contributed by atoms with Crippen LogP contribution in [0.2, 0.25) is 0 Å². The topological polar surface area (TPSA) is 0 Å². The SMILES string of the molecule is CCCCCCc1ccc(C(F)(F)C(C)(F)F)cc1. The summed E-state index contributed by atoms with van der Waals surface area (Å²) in [6, 6.07) is 5.24. The van der Waals surface area contributed by atoms with E-state index in [2.05, 4.69) is 6.92 Å². The van der Waals surface area contributed by atoms with Gasteiger partial charge in [-0.2, -0.15) is 17.6 Å². The first-order chi connectivity index (χ1) is 8.79. The number of halogens is 4. The van der Waals surface area contributed by atoms with Crippen LogP contribution in [0.1, 0.15) is 50.7 Å². The monoisotopic (exact) mass is 276 g/mol. The average Bonchev–Trinajstić information content (AvgIpc) is 2.34. The number of aryl methyl sites for hydroxylation is 1. The van der Waals surface area contributed by atoms with Crippen LogP contribution in [0.25, 0.3) is 0 Å². The van der Waals surface area contributed by atoms with Gasteiger partial charge in [0.1, 0.15) is 0 Å². The Labute approximate surface area is 111 Å². The minimum atomic E-state index is -4.12. The Kier molecular flexibility index (Phi) is 5.39. The third kappa shape index (κ3) is 4.22. The first-order valence-corrected chi connectivity index (χ1v) is 6.64. The molecular weight excluding hydrogens is 256 g/mol. The smallest absolute Gasteiger partial charge is 0.200 e. The fraction of sp³-hybridized carbons (Fsp3) is 0.600. The highest BCUT2D eigenvalue weighted by atomic mass is 19.3. The summed E-state index contributed by atoms with van der Waals surface area (Å²) >= 11 is 0. The lowest BCUT2D eigenvalue weighted by molar-refractivity contribution is -0.204. The first kappa shape index (κ1) is 16.0. The quantitative estimate of drug-likeness (QED) is 0.452. The number of alkyl halides is 4. The van der Waals surface area contributed by atoms with Gasteiger partial charge in [0.2, 0.25) is 0 Å². The summed E-state index contributed by atoms with van der Waals surface area (Å²) in [5.41, 5.74) is 0.285. The van der Waals surface area contributed by atoms with Crippen LogP contribution in [-0.4, -0.2) is 5.92 Å². The molecular formula is C15H20F4. The van der Waals surface area contributed by atoms with Crippen molar-refractivity contribution < 1.29 is 17.6 Å². The van der Waals surface area contributed by atoms with E-state index in [1.807, 2.05) is 0 Å². The van der Waals surface area contributed by atoms with Gasteiger partial charge in [-0.25, -0.2) is 0 Å². The molecule has 19 heavy (non-hydrogen) atoms. The average molecular weight is 276 g/mol. The number of hydrogen-bond donors (Lipinski definition) is 0. The maximum absolute atomic E-state index is 13.4. The van der Waals surface area contributed by atoms with Gasteiger partial charge in [-0.05, 0) is 18.4 Å². The Balaban J connectivity index is 2.66. The molecule has 0 N–H and O–H groups in total. The molecule has 0 bridgehead atoms. The minimum absolute atomic E-state index is 0.242. The molecule has 0 radical (unpaired) electrons. The molecule has 0 aliphatic heterocycles. The summed E-state index contributed by atoms with van der Waals surface area (Å²) < 4.78 is 52.4. The summed E-state index contributed by atoms with van der Waals surface area (Å²) in [4.78, 5) is 0. The van der Waals surface area contributed by atoms with Crippen LogP contribution in [0, 0.1) is 0 Å². The molecule has 0 saturated carbocycles. The highest BCUT2D eigenvalue weighted by Gasteiger charge is 2.53. The molecule has 0 unspecified atom stereocenters. The molecule has 4 heteroatoms. The number of rotatable bonds is 7. The third-order valence-corrected chi connectivity index (χ3v) is 3.19. The first-order valence-electron chi connectivity index (χ1n) is 6.64. The van der Waals surface area contributed by atoms with Gasteiger partial charge in [0.25, 0.3) is 0 Å². The zero-order valence-corrected chi connectivity index (χ0v) is 11.4. The van der Waals surface area contributed by atoms with E-state index in [0.717, 1.165) is 49.8 Å². The zero-order valence-electron chi connectivity index (χ0n) is 11.4. The van der Waals surface area contributed by atoms with Crippen LogP contribution in [0.5, 0.6) is 0 Å². The minimum Gasteiger partial charge on any atom is -0.200 e. The maximum atomic E-state index is 13.4. The van der Waals surface area contributed by atoms with E-state index < -0.39 is 17.4 Å². The highest BCUT2D eigenvalue weighted by Crippen LogP contribution is 2.42. The zero-order chi connectivity index (χ0) is 14.5. The van der Waals surface area contributed by atoms with Crippen molar-refractivity contribution in [3.05, 3.63) is 35.4 Å². The van der Waals surface area contributed by atoms with Crippen molar-refractivity contribution in [2.24, 2.45) is 0 Å². The van der Waals surface area contributed by atoms with Crippen molar-refractivity contribution in [3.63, 3.8) is 0 Å². The van der Waals surface area contributed by atoms with Gasteiger partial charge in [0, 0.05) is 12.5 Å². The lowest BCUT2D eigenvalue weighted by Crippen LogP contribution is -2.34. The summed E-state index contributed by atoms with van der Waals surface area (Å²) in [7, 11) is 0. The summed E-state index contributed by atoms with van der Waals surface area (Å²) in [5, 5.41) is 0. The summed E-state index contributed by atoms with van der Waals surface area (Å²) in [6.45, 7) is 2.35. The van der Waals surface area contributed by atoms with Gasteiger partial charge >= 0.3 is 11.8 Å². The molecule has 0 saturated heterocycles.